The molecule has 1 aromatic rings. The van der Waals surface area contributed by atoms with E-state index in [2.05, 4.69) is 5.32 Å². The molecule has 20 heavy (non-hydrogen) atoms. The van der Waals surface area contributed by atoms with Crippen LogP contribution in [0.4, 0.5) is 4.39 Å². The maximum absolute atomic E-state index is 13.2. The van der Waals surface area contributed by atoms with Crippen LogP contribution in [0.2, 0.25) is 0 Å². The van der Waals surface area contributed by atoms with Gasteiger partial charge in [-0.3, -0.25) is 4.79 Å². The van der Waals surface area contributed by atoms with Gasteiger partial charge in [0.15, 0.2) is 0 Å². The van der Waals surface area contributed by atoms with Crippen LogP contribution in [0.3, 0.4) is 0 Å². The standard InChI is InChI=1S/C16H21FN2O/c17-14-3-1-2-13(10-14)16(20)19-8-6-15(7-9-19)18-11-12-4-5-12/h1-3,10,12,15,18H,4-9,11H2. The lowest BCUT2D eigenvalue weighted by Gasteiger charge is -2.32. The number of piperidine rings is 1. The number of carbonyl (C=O) groups excluding carboxylic acids is 1. The summed E-state index contributed by atoms with van der Waals surface area (Å²) >= 11 is 0. The predicted molar refractivity (Wildman–Crippen MR) is 76.1 cm³/mol. The van der Waals surface area contributed by atoms with Crippen LogP contribution in [0.25, 0.3) is 0 Å². The summed E-state index contributed by atoms with van der Waals surface area (Å²) in [6.45, 7) is 2.65. The van der Waals surface area contributed by atoms with E-state index in [1.165, 1.54) is 25.0 Å². The molecule has 2 aliphatic rings. The Hall–Kier alpha value is -1.42. The molecule has 1 heterocycles. The molecule has 1 N–H and O–H groups in total. The number of carbonyl (C=O) groups is 1. The van der Waals surface area contributed by atoms with Crippen molar-refractivity contribution in [2.24, 2.45) is 5.92 Å². The Bertz CT molecular complexity index is 479. The SMILES string of the molecule is O=C(c1cccc(F)c1)N1CCC(NCC2CC2)CC1. The van der Waals surface area contributed by atoms with Gasteiger partial charge < -0.3 is 10.2 Å². The first-order valence-corrected chi connectivity index (χ1v) is 7.50. The van der Waals surface area contributed by atoms with Crippen LogP contribution in [0.5, 0.6) is 0 Å². The zero-order chi connectivity index (χ0) is 13.9. The Balaban J connectivity index is 1.50. The maximum Gasteiger partial charge on any atom is 0.253 e. The van der Waals surface area contributed by atoms with Crippen LogP contribution < -0.4 is 5.32 Å². The number of amides is 1. The van der Waals surface area contributed by atoms with E-state index in [9.17, 15) is 9.18 Å². The Morgan fingerprint density at radius 1 is 1.25 bits per heavy atom. The van der Waals surface area contributed by atoms with Gasteiger partial charge in [0.25, 0.3) is 5.91 Å². The van der Waals surface area contributed by atoms with E-state index in [4.69, 9.17) is 0 Å². The number of benzene rings is 1. The Morgan fingerprint density at radius 2 is 2.00 bits per heavy atom. The van der Waals surface area contributed by atoms with Crippen molar-refractivity contribution in [2.45, 2.75) is 31.7 Å². The number of halogens is 1. The number of nitrogens with one attached hydrogen (secondary N) is 1. The summed E-state index contributed by atoms with van der Waals surface area (Å²) in [6, 6.07) is 6.49. The lowest BCUT2D eigenvalue weighted by Crippen LogP contribution is -2.45. The third-order valence-electron chi connectivity index (χ3n) is 4.25. The van der Waals surface area contributed by atoms with Gasteiger partial charge in [0, 0.05) is 24.7 Å². The Labute approximate surface area is 119 Å². The summed E-state index contributed by atoms with van der Waals surface area (Å²) in [4.78, 5) is 14.1. The van der Waals surface area contributed by atoms with Gasteiger partial charge in [0.1, 0.15) is 5.82 Å². The molecule has 0 aromatic heterocycles. The molecular formula is C16H21FN2O. The predicted octanol–water partition coefficient (Wildman–Crippen LogP) is 2.43. The second-order valence-electron chi connectivity index (χ2n) is 5.93. The third kappa shape index (κ3) is 3.37. The Kier molecular flexibility index (Phi) is 4.01. The molecule has 1 aliphatic carbocycles. The third-order valence-corrected chi connectivity index (χ3v) is 4.25. The Morgan fingerprint density at radius 3 is 2.65 bits per heavy atom. The molecule has 0 unspecified atom stereocenters. The van der Waals surface area contributed by atoms with Gasteiger partial charge in [0.05, 0.1) is 0 Å². The number of hydrogen-bond acceptors (Lipinski definition) is 2. The average Bonchev–Trinajstić information content (AvgIpc) is 3.29. The molecule has 108 valence electrons. The summed E-state index contributed by atoms with van der Waals surface area (Å²) in [5.74, 6) is 0.490. The van der Waals surface area contributed by atoms with Crippen LogP contribution in [0.1, 0.15) is 36.0 Å². The lowest BCUT2D eigenvalue weighted by molar-refractivity contribution is 0.0704. The molecular weight excluding hydrogens is 255 g/mol. The minimum Gasteiger partial charge on any atom is -0.339 e. The quantitative estimate of drug-likeness (QED) is 0.916. The van der Waals surface area contributed by atoms with Gasteiger partial charge in [-0.25, -0.2) is 4.39 Å². The fraction of sp³-hybridized carbons (Fsp3) is 0.562. The molecule has 1 aliphatic heterocycles. The van der Waals surface area contributed by atoms with Crippen LogP contribution in [-0.2, 0) is 0 Å². The van der Waals surface area contributed by atoms with Crippen LogP contribution >= 0.6 is 0 Å². The number of likely N-dealkylation sites (tertiary alicyclic amines) is 1. The largest absolute Gasteiger partial charge is 0.339 e. The molecule has 1 aromatic carbocycles. The average molecular weight is 276 g/mol. The highest BCUT2D eigenvalue weighted by molar-refractivity contribution is 5.94. The van der Waals surface area contributed by atoms with Crippen molar-refractivity contribution in [1.82, 2.24) is 10.2 Å². The maximum atomic E-state index is 13.2. The molecule has 2 fully saturated rings. The molecule has 0 bridgehead atoms. The van der Waals surface area contributed by atoms with Gasteiger partial charge in [-0.05, 0) is 56.3 Å². The molecule has 4 heteroatoms. The first-order valence-electron chi connectivity index (χ1n) is 7.50. The summed E-state index contributed by atoms with van der Waals surface area (Å²) in [6.07, 6.45) is 4.72. The van der Waals surface area contributed by atoms with Crippen LogP contribution in [0.15, 0.2) is 24.3 Å². The van der Waals surface area contributed by atoms with Crippen molar-refractivity contribution in [3.05, 3.63) is 35.6 Å². The molecule has 1 amide bonds. The molecule has 1 saturated carbocycles. The van der Waals surface area contributed by atoms with Gasteiger partial charge in [-0.1, -0.05) is 6.07 Å². The normalized spacial score (nSPS) is 20.1. The molecule has 0 spiro atoms. The van der Waals surface area contributed by atoms with Crippen molar-refractivity contribution in [2.75, 3.05) is 19.6 Å². The minimum atomic E-state index is -0.350. The molecule has 1 saturated heterocycles. The van der Waals surface area contributed by atoms with Gasteiger partial charge in [-0.2, -0.15) is 0 Å². The monoisotopic (exact) mass is 276 g/mol. The number of hydrogen-bond donors (Lipinski definition) is 1. The molecule has 0 atom stereocenters. The van der Waals surface area contributed by atoms with E-state index in [1.807, 2.05) is 4.90 Å². The van der Waals surface area contributed by atoms with Crippen molar-refractivity contribution in [3.8, 4) is 0 Å². The van der Waals surface area contributed by atoms with Crippen molar-refractivity contribution in [1.29, 1.82) is 0 Å². The van der Waals surface area contributed by atoms with Crippen LogP contribution in [-0.4, -0.2) is 36.5 Å². The highest BCUT2D eigenvalue weighted by Gasteiger charge is 2.26. The van der Waals surface area contributed by atoms with Gasteiger partial charge >= 0.3 is 0 Å². The first-order chi connectivity index (χ1) is 9.72. The molecule has 0 radical (unpaired) electrons. The second kappa shape index (κ2) is 5.92. The van der Waals surface area contributed by atoms with E-state index in [1.54, 1.807) is 12.1 Å². The van der Waals surface area contributed by atoms with E-state index < -0.39 is 0 Å². The van der Waals surface area contributed by atoms with E-state index in [0.717, 1.165) is 38.4 Å². The fourth-order valence-electron chi connectivity index (χ4n) is 2.75. The van der Waals surface area contributed by atoms with Crippen molar-refractivity contribution in [3.63, 3.8) is 0 Å². The molecule has 3 nitrogen and oxygen atoms in total. The topological polar surface area (TPSA) is 32.3 Å². The zero-order valence-electron chi connectivity index (χ0n) is 11.6. The van der Waals surface area contributed by atoms with Gasteiger partial charge in [0.2, 0.25) is 0 Å². The van der Waals surface area contributed by atoms with E-state index in [-0.39, 0.29) is 11.7 Å². The highest BCUT2D eigenvalue weighted by Crippen LogP contribution is 2.28. The van der Waals surface area contributed by atoms with E-state index in [0.29, 0.717) is 11.6 Å². The van der Waals surface area contributed by atoms with E-state index >= 15 is 0 Å². The highest BCUT2D eigenvalue weighted by atomic mass is 19.1. The van der Waals surface area contributed by atoms with Crippen molar-refractivity contribution < 1.29 is 9.18 Å². The number of rotatable bonds is 4. The summed E-state index contributed by atoms with van der Waals surface area (Å²) < 4.78 is 13.2. The zero-order valence-corrected chi connectivity index (χ0v) is 11.6. The number of nitrogens with zero attached hydrogens (tertiary/aromatic N) is 1. The molecule has 3 rings (SSSR count). The summed E-state index contributed by atoms with van der Waals surface area (Å²) in [7, 11) is 0. The minimum absolute atomic E-state index is 0.0508. The first kappa shape index (κ1) is 13.6. The lowest BCUT2D eigenvalue weighted by atomic mass is 10.0. The summed E-state index contributed by atoms with van der Waals surface area (Å²) in [5.41, 5.74) is 0.453. The van der Waals surface area contributed by atoms with Crippen molar-refractivity contribution >= 4 is 5.91 Å². The summed E-state index contributed by atoms with van der Waals surface area (Å²) in [5, 5.41) is 3.59. The van der Waals surface area contributed by atoms with Gasteiger partial charge in [-0.15, -0.1) is 0 Å². The fourth-order valence-corrected chi connectivity index (χ4v) is 2.75. The second-order valence-corrected chi connectivity index (χ2v) is 5.93. The smallest absolute Gasteiger partial charge is 0.253 e. The van der Waals surface area contributed by atoms with Crippen LogP contribution in [0, 0.1) is 11.7 Å².